The predicted molar refractivity (Wildman–Crippen MR) is 68.0 cm³/mol. The zero-order chi connectivity index (χ0) is 12.4. The normalized spacial score (nSPS) is 17.2. The highest BCUT2D eigenvalue weighted by molar-refractivity contribution is 5.36. The molecule has 5 nitrogen and oxygen atoms in total. The molecule has 0 aliphatic heterocycles. The third kappa shape index (κ3) is 2.37. The molecule has 2 N–H and O–H groups in total. The summed E-state index contributed by atoms with van der Waals surface area (Å²) in [7, 11) is 0. The van der Waals surface area contributed by atoms with Gasteiger partial charge in [0.2, 0.25) is 0 Å². The predicted octanol–water partition coefficient (Wildman–Crippen LogP) is 0.980. The van der Waals surface area contributed by atoms with Crippen molar-refractivity contribution in [3.05, 3.63) is 30.5 Å². The Balaban J connectivity index is 1.68. The van der Waals surface area contributed by atoms with Crippen LogP contribution >= 0.6 is 0 Å². The lowest BCUT2D eigenvalue weighted by Crippen LogP contribution is -2.31. The monoisotopic (exact) mass is 246 g/mol. The molecular weight excluding hydrogens is 228 g/mol. The summed E-state index contributed by atoms with van der Waals surface area (Å²) in [5, 5.41) is 12.6. The molecule has 2 aromatic heterocycles. The Morgan fingerprint density at radius 2 is 2.33 bits per heavy atom. The first-order valence-electron chi connectivity index (χ1n) is 6.48. The van der Waals surface area contributed by atoms with Crippen LogP contribution < -0.4 is 5.32 Å². The summed E-state index contributed by atoms with van der Waals surface area (Å²) in [6, 6.07) is 0.433. The van der Waals surface area contributed by atoms with Gasteiger partial charge in [-0.25, -0.2) is 4.98 Å². The van der Waals surface area contributed by atoms with Crippen molar-refractivity contribution in [2.75, 3.05) is 6.61 Å². The van der Waals surface area contributed by atoms with Gasteiger partial charge in [0.25, 0.3) is 0 Å². The fourth-order valence-corrected chi connectivity index (χ4v) is 2.40. The van der Waals surface area contributed by atoms with Gasteiger partial charge in [0.15, 0.2) is 5.65 Å². The number of aliphatic hydroxyl groups is 1. The standard InChI is InChI=1S/C13H18N4O/c18-6-3-12(10-1-2-10)15-7-11-8-16-13-9-14-4-5-17(11)13/h4-5,8-10,12,15,18H,1-3,6-7H2. The number of hydrogen-bond donors (Lipinski definition) is 2. The molecule has 2 aromatic rings. The molecular formula is C13H18N4O. The number of nitrogens with one attached hydrogen (secondary N) is 1. The van der Waals surface area contributed by atoms with Crippen LogP contribution in [0.2, 0.25) is 0 Å². The molecule has 0 spiro atoms. The van der Waals surface area contributed by atoms with Crippen molar-refractivity contribution in [3.63, 3.8) is 0 Å². The maximum Gasteiger partial charge on any atom is 0.155 e. The van der Waals surface area contributed by atoms with Crippen molar-refractivity contribution in [3.8, 4) is 0 Å². The average molecular weight is 246 g/mol. The van der Waals surface area contributed by atoms with Gasteiger partial charge < -0.3 is 10.4 Å². The van der Waals surface area contributed by atoms with E-state index in [0.29, 0.717) is 6.04 Å². The van der Waals surface area contributed by atoms with Gasteiger partial charge in [-0.15, -0.1) is 0 Å². The summed E-state index contributed by atoms with van der Waals surface area (Å²) in [4.78, 5) is 8.37. The Labute approximate surface area is 106 Å². The minimum Gasteiger partial charge on any atom is -0.396 e. The zero-order valence-corrected chi connectivity index (χ0v) is 10.3. The third-order valence-electron chi connectivity index (χ3n) is 3.57. The second-order valence-corrected chi connectivity index (χ2v) is 4.89. The van der Waals surface area contributed by atoms with Crippen LogP contribution in [-0.4, -0.2) is 32.1 Å². The topological polar surface area (TPSA) is 62.5 Å². The summed E-state index contributed by atoms with van der Waals surface area (Å²) in [5.41, 5.74) is 2.01. The molecule has 3 rings (SSSR count). The van der Waals surface area contributed by atoms with Crippen molar-refractivity contribution in [1.29, 1.82) is 0 Å². The number of imidazole rings is 1. The Morgan fingerprint density at radius 3 is 3.11 bits per heavy atom. The lowest BCUT2D eigenvalue weighted by molar-refractivity contribution is 0.255. The number of hydrogen-bond acceptors (Lipinski definition) is 4. The van der Waals surface area contributed by atoms with Crippen LogP contribution in [0.15, 0.2) is 24.8 Å². The first-order chi connectivity index (χ1) is 8.88. The highest BCUT2D eigenvalue weighted by Gasteiger charge is 2.30. The van der Waals surface area contributed by atoms with Crippen LogP contribution in [-0.2, 0) is 6.54 Å². The highest BCUT2D eigenvalue weighted by atomic mass is 16.3. The largest absolute Gasteiger partial charge is 0.396 e. The van der Waals surface area contributed by atoms with E-state index >= 15 is 0 Å². The van der Waals surface area contributed by atoms with E-state index in [4.69, 9.17) is 5.11 Å². The van der Waals surface area contributed by atoms with E-state index in [-0.39, 0.29) is 6.61 Å². The Kier molecular flexibility index (Phi) is 3.25. The van der Waals surface area contributed by atoms with Crippen LogP contribution in [0.25, 0.3) is 5.65 Å². The smallest absolute Gasteiger partial charge is 0.155 e. The van der Waals surface area contributed by atoms with Crippen molar-refractivity contribution in [2.24, 2.45) is 5.92 Å². The van der Waals surface area contributed by atoms with Gasteiger partial charge in [0.1, 0.15) is 0 Å². The second-order valence-electron chi connectivity index (χ2n) is 4.89. The minimum atomic E-state index is 0.255. The number of rotatable bonds is 6. The molecule has 0 aromatic carbocycles. The van der Waals surface area contributed by atoms with Gasteiger partial charge >= 0.3 is 0 Å². The highest BCUT2D eigenvalue weighted by Crippen LogP contribution is 2.34. The van der Waals surface area contributed by atoms with E-state index in [1.165, 1.54) is 12.8 Å². The van der Waals surface area contributed by atoms with E-state index in [2.05, 4.69) is 15.3 Å². The fourth-order valence-electron chi connectivity index (χ4n) is 2.40. The maximum absolute atomic E-state index is 9.08. The molecule has 18 heavy (non-hydrogen) atoms. The van der Waals surface area contributed by atoms with Crippen molar-refractivity contribution in [1.82, 2.24) is 19.7 Å². The zero-order valence-electron chi connectivity index (χ0n) is 10.3. The van der Waals surface area contributed by atoms with Crippen LogP contribution in [0.3, 0.4) is 0 Å². The lowest BCUT2D eigenvalue weighted by Gasteiger charge is -2.16. The molecule has 5 heteroatoms. The molecule has 96 valence electrons. The molecule has 0 bridgehead atoms. The van der Waals surface area contributed by atoms with E-state index in [1.54, 1.807) is 12.4 Å². The number of aliphatic hydroxyl groups excluding tert-OH is 1. The molecule has 1 saturated carbocycles. The maximum atomic E-state index is 9.08. The van der Waals surface area contributed by atoms with Crippen LogP contribution in [0, 0.1) is 5.92 Å². The van der Waals surface area contributed by atoms with Gasteiger partial charge in [-0.3, -0.25) is 9.38 Å². The van der Waals surface area contributed by atoms with Crippen LogP contribution in [0.4, 0.5) is 0 Å². The number of aromatic nitrogens is 3. The molecule has 0 amide bonds. The summed E-state index contributed by atoms with van der Waals surface area (Å²) in [6.07, 6.45) is 10.7. The van der Waals surface area contributed by atoms with Crippen molar-refractivity contribution in [2.45, 2.75) is 31.8 Å². The minimum absolute atomic E-state index is 0.255. The van der Waals surface area contributed by atoms with Gasteiger partial charge in [-0.1, -0.05) is 0 Å². The molecule has 1 unspecified atom stereocenters. The van der Waals surface area contributed by atoms with Gasteiger partial charge in [-0.2, -0.15) is 0 Å². The first-order valence-corrected chi connectivity index (χ1v) is 6.48. The number of nitrogens with zero attached hydrogens (tertiary/aromatic N) is 3. The summed E-state index contributed by atoms with van der Waals surface area (Å²) in [6.45, 7) is 1.04. The molecule has 1 fully saturated rings. The Morgan fingerprint density at radius 1 is 1.44 bits per heavy atom. The van der Waals surface area contributed by atoms with Crippen molar-refractivity contribution >= 4 is 5.65 Å². The molecule has 2 heterocycles. The summed E-state index contributed by atoms with van der Waals surface area (Å²) in [5.74, 6) is 0.748. The van der Waals surface area contributed by atoms with Crippen molar-refractivity contribution < 1.29 is 5.11 Å². The van der Waals surface area contributed by atoms with Crippen LogP contribution in [0.1, 0.15) is 25.0 Å². The second kappa shape index (κ2) is 5.04. The molecule has 1 aliphatic carbocycles. The van der Waals surface area contributed by atoms with Gasteiger partial charge in [-0.05, 0) is 25.2 Å². The van der Waals surface area contributed by atoms with E-state index in [9.17, 15) is 0 Å². The van der Waals surface area contributed by atoms with E-state index in [0.717, 1.165) is 30.2 Å². The Hall–Kier alpha value is -1.46. The third-order valence-corrected chi connectivity index (χ3v) is 3.57. The average Bonchev–Trinajstić information content (AvgIpc) is 3.16. The Bertz CT molecular complexity index is 520. The first kappa shape index (κ1) is 11.6. The van der Waals surface area contributed by atoms with Gasteiger partial charge in [0, 0.05) is 31.6 Å². The fraction of sp³-hybridized carbons (Fsp3) is 0.538. The SMILES string of the molecule is OCCC(NCc1cnc2cnccn12)C1CC1. The summed E-state index contributed by atoms with van der Waals surface area (Å²) < 4.78 is 2.04. The molecule has 0 radical (unpaired) electrons. The lowest BCUT2D eigenvalue weighted by atomic mass is 10.1. The summed E-state index contributed by atoms with van der Waals surface area (Å²) >= 11 is 0. The van der Waals surface area contributed by atoms with Gasteiger partial charge in [0.05, 0.1) is 18.1 Å². The molecule has 1 aliphatic rings. The van der Waals surface area contributed by atoms with E-state index in [1.807, 2.05) is 16.8 Å². The van der Waals surface area contributed by atoms with E-state index < -0.39 is 0 Å². The molecule has 1 atom stereocenters. The number of fused-ring (bicyclic) bond motifs is 1. The molecule has 0 saturated heterocycles. The van der Waals surface area contributed by atoms with Crippen LogP contribution in [0.5, 0.6) is 0 Å². The quantitative estimate of drug-likeness (QED) is 0.797.